The Kier molecular flexibility index (Phi) is 3.32. The number of carbonyl (C=O) groups excluding carboxylic acids is 1. The highest BCUT2D eigenvalue weighted by Gasteiger charge is 2.20. The molecule has 1 saturated heterocycles. The molecule has 0 bridgehead atoms. The molecule has 0 N–H and O–H groups in total. The van der Waals surface area contributed by atoms with Gasteiger partial charge in [0.25, 0.3) is 5.91 Å². The second kappa shape index (κ2) is 4.29. The third kappa shape index (κ3) is 2.46. The van der Waals surface area contributed by atoms with Gasteiger partial charge in [0.05, 0.1) is 0 Å². The topological polar surface area (TPSA) is 23.6 Å². The molecule has 0 unspecified atom stereocenters. The second-order valence-electron chi connectivity index (χ2n) is 3.57. The molecule has 1 fully saturated rings. The monoisotopic (exact) mass is 180 g/mol. The molecule has 0 aliphatic carbocycles. The molecule has 3 nitrogen and oxygen atoms in total. The molecule has 0 spiro atoms. The van der Waals surface area contributed by atoms with Crippen LogP contribution in [0, 0.1) is 12.3 Å². The fourth-order valence-corrected chi connectivity index (χ4v) is 1.53. The zero-order valence-electron chi connectivity index (χ0n) is 8.29. The first-order chi connectivity index (χ1) is 6.15. The molecule has 3 heteroatoms. The molecule has 0 aromatic heterocycles. The maximum absolute atomic E-state index is 11.1. The van der Waals surface area contributed by atoms with Crippen molar-refractivity contribution in [3.63, 3.8) is 0 Å². The van der Waals surface area contributed by atoms with Crippen molar-refractivity contribution in [3.8, 4) is 12.3 Å². The molecule has 0 saturated carbocycles. The fourth-order valence-electron chi connectivity index (χ4n) is 1.53. The first-order valence-corrected chi connectivity index (χ1v) is 4.64. The molecule has 1 aliphatic rings. The van der Waals surface area contributed by atoms with Crippen molar-refractivity contribution in [3.05, 3.63) is 0 Å². The van der Waals surface area contributed by atoms with E-state index in [-0.39, 0.29) is 5.91 Å². The summed E-state index contributed by atoms with van der Waals surface area (Å²) in [7, 11) is 0. The summed E-state index contributed by atoms with van der Waals surface area (Å²) in [6.45, 7) is 7.73. The normalized spacial score (nSPS) is 18.8. The molecule has 1 heterocycles. The van der Waals surface area contributed by atoms with Crippen molar-refractivity contribution in [1.29, 1.82) is 0 Å². The Labute approximate surface area is 79.7 Å². The van der Waals surface area contributed by atoms with Gasteiger partial charge in [0, 0.05) is 32.2 Å². The van der Waals surface area contributed by atoms with Crippen LogP contribution in [0.15, 0.2) is 0 Å². The zero-order valence-corrected chi connectivity index (χ0v) is 8.29. The highest BCUT2D eigenvalue weighted by Crippen LogP contribution is 2.05. The predicted molar refractivity (Wildman–Crippen MR) is 52.1 cm³/mol. The van der Waals surface area contributed by atoms with Gasteiger partial charge in [0.15, 0.2) is 0 Å². The lowest BCUT2D eigenvalue weighted by Crippen LogP contribution is -2.50. The van der Waals surface area contributed by atoms with E-state index in [0.717, 1.165) is 26.2 Å². The Bertz CT molecular complexity index is 222. The van der Waals surface area contributed by atoms with Crippen LogP contribution in [0.25, 0.3) is 0 Å². The first-order valence-electron chi connectivity index (χ1n) is 4.64. The molecule has 0 atom stereocenters. The van der Waals surface area contributed by atoms with Gasteiger partial charge in [0.2, 0.25) is 0 Å². The van der Waals surface area contributed by atoms with Gasteiger partial charge in [-0.3, -0.25) is 9.69 Å². The third-order valence-electron chi connectivity index (χ3n) is 2.46. The third-order valence-corrected chi connectivity index (χ3v) is 2.46. The van der Waals surface area contributed by atoms with Crippen LogP contribution in [-0.4, -0.2) is 47.9 Å². The lowest BCUT2D eigenvalue weighted by atomic mass is 10.2. The smallest absolute Gasteiger partial charge is 0.298 e. The van der Waals surface area contributed by atoms with Gasteiger partial charge in [-0.05, 0) is 19.8 Å². The van der Waals surface area contributed by atoms with Crippen molar-refractivity contribution in [2.45, 2.75) is 19.9 Å². The van der Waals surface area contributed by atoms with Crippen molar-refractivity contribution >= 4 is 5.91 Å². The van der Waals surface area contributed by atoms with E-state index in [1.165, 1.54) is 0 Å². The van der Waals surface area contributed by atoms with Gasteiger partial charge < -0.3 is 4.90 Å². The number of nitrogens with zero attached hydrogens (tertiary/aromatic N) is 2. The number of carbonyl (C=O) groups is 1. The summed E-state index contributed by atoms with van der Waals surface area (Å²) in [4.78, 5) is 15.2. The van der Waals surface area contributed by atoms with Gasteiger partial charge >= 0.3 is 0 Å². The van der Waals surface area contributed by atoms with Crippen LogP contribution in [0.3, 0.4) is 0 Å². The molecule has 1 aliphatic heterocycles. The van der Waals surface area contributed by atoms with Gasteiger partial charge in [0.1, 0.15) is 0 Å². The molecule has 13 heavy (non-hydrogen) atoms. The number of piperazine rings is 1. The fraction of sp³-hybridized carbons (Fsp3) is 0.700. The molecule has 1 rings (SSSR count). The van der Waals surface area contributed by atoms with E-state index in [2.05, 4.69) is 24.7 Å². The van der Waals surface area contributed by atoms with Gasteiger partial charge in [-0.2, -0.15) is 0 Å². The minimum Gasteiger partial charge on any atom is -0.329 e. The molecule has 1 amide bonds. The van der Waals surface area contributed by atoms with Crippen LogP contribution in [-0.2, 0) is 4.79 Å². The van der Waals surface area contributed by atoms with Gasteiger partial charge in [-0.25, -0.2) is 0 Å². The number of amides is 1. The minimum atomic E-state index is -0.177. The van der Waals surface area contributed by atoms with E-state index in [1.54, 1.807) is 4.90 Å². The van der Waals surface area contributed by atoms with Crippen molar-refractivity contribution < 1.29 is 4.79 Å². The number of hydrogen-bond donors (Lipinski definition) is 0. The largest absolute Gasteiger partial charge is 0.329 e. The van der Waals surface area contributed by atoms with Gasteiger partial charge in [-0.15, -0.1) is 6.42 Å². The van der Waals surface area contributed by atoms with Crippen LogP contribution < -0.4 is 0 Å². The Balaban J connectivity index is 2.40. The standard InChI is InChI=1S/C10H16N2O/c1-4-10(13)12-7-5-11(6-8-12)9(2)3/h1,9H,5-8H2,2-3H3. The summed E-state index contributed by atoms with van der Waals surface area (Å²) in [5, 5.41) is 0. The lowest BCUT2D eigenvalue weighted by molar-refractivity contribution is -0.127. The summed E-state index contributed by atoms with van der Waals surface area (Å²) in [6, 6.07) is 0.558. The van der Waals surface area contributed by atoms with Crippen LogP contribution >= 0.6 is 0 Å². The predicted octanol–water partition coefficient (Wildman–Crippen LogP) is 0.172. The summed E-state index contributed by atoms with van der Waals surface area (Å²) in [5.41, 5.74) is 0. The average Bonchev–Trinajstić information content (AvgIpc) is 2.17. The van der Waals surface area contributed by atoms with E-state index < -0.39 is 0 Å². The van der Waals surface area contributed by atoms with Crippen molar-refractivity contribution in [1.82, 2.24) is 9.80 Å². The Morgan fingerprint density at radius 2 is 1.85 bits per heavy atom. The van der Waals surface area contributed by atoms with E-state index in [4.69, 9.17) is 6.42 Å². The number of terminal acetylenes is 1. The minimum absolute atomic E-state index is 0.177. The molecular weight excluding hydrogens is 164 g/mol. The first kappa shape index (κ1) is 10.1. The molecule has 72 valence electrons. The number of hydrogen-bond acceptors (Lipinski definition) is 2. The Morgan fingerprint density at radius 1 is 1.31 bits per heavy atom. The van der Waals surface area contributed by atoms with Crippen LogP contribution in [0.2, 0.25) is 0 Å². The van der Waals surface area contributed by atoms with Crippen molar-refractivity contribution in [2.75, 3.05) is 26.2 Å². The Hall–Kier alpha value is -1.01. The van der Waals surface area contributed by atoms with E-state index in [9.17, 15) is 4.79 Å². The SMILES string of the molecule is C#CC(=O)N1CCN(C(C)C)CC1. The number of rotatable bonds is 1. The highest BCUT2D eigenvalue weighted by atomic mass is 16.2. The van der Waals surface area contributed by atoms with Crippen molar-refractivity contribution in [2.24, 2.45) is 0 Å². The van der Waals surface area contributed by atoms with E-state index >= 15 is 0 Å². The van der Waals surface area contributed by atoms with Gasteiger partial charge in [-0.1, -0.05) is 0 Å². The summed E-state index contributed by atoms with van der Waals surface area (Å²) >= 11 is 0. The molecule has 0 aromatic rings. The van der Waals surface area contributed by atoms with Crippen LogP contribution in [0.1, 0.15) is 13.8 Å². The van der Waals surface area contributed by atoms with E-state index in [1.807, 2.05) is 0 Å². The van der Waals surface area contributed by atoms with Crippen LogP contribution in [0.4, 0.5) is 0 Å². The van der Waals surface area contributed by atoms with Crippen LogP contribution in [0.5, 0.6) is 0 Å². The summed E-state index contributed by atoms with van der Waals surface area (Å²) in [6.07, 6.45) is 5.04. The zero-order chi connectivity index (χ0) is 9.84. The maximum atomic E-state index is 11.1. The quantitative estimate of drug-likeness (QED) is 0.537. The maximum Gasteiger partial charge on any atom is 0.298 e. The summed E-state index contributed by atoms with van der Waals surface area (Å²) in [5.74, 6) is 1.97. The van der Waals surface area contributed by atoms with E-state index in [0.29, 0.717) is 6.04 Å². The lowest BCUT2D eigenvalue weighted by Gasteiger charge is -2.35. The second-order valence-corrected chi connectivity index (χ2v) is 3.57. The summed E-state index contributed by atoms with van der Waals surface area (Å²) < 4.78 is 0. The highest BCUT2D eigenvalue weighted by molar-refractivity contribution is 5.92. The average molecular weight is 180 g/mol. The molecule has 0 radical (unpaired) electrons. The molecule has 0 aromatic carbocycles. The molecular formula is C10H16N2O. The Morgan fingerprint density at radius 3 is 2.23 bits per heavy atom.